The predicted octanol–water partition coefficient (Wildman–Crippen LogP) is 8.24. The lowest BCUT2D eigenvalue weighted by Crippen LogP contribution is -2.23. The van der Waals surface area contributed by atoms with Crippen molar-refractivity contribution in [1.82, 2.24) is 0 Å². The van der Waals surface area contributed by atoms with Crippen molar-refractivity contribution >= 4 is 32.3 Å². The van der Waals surface area contributed by atoms with E-state index in [-0.39, 0.29) is 32.2 Å². The number of phenols is 1. The van der Waals surface area contributed by atoms with Crippen molar-refractivity contribution in [2.24, 2.45) is 0 Å². The zero-order chi connectivity index (χ0) is 34.9. The zero-order valence-corrected chi connectivity index (χ0v) is 30.0. The van der Waals surface area contributed by atoms with Crippen LogP contribution < -0.4 is 4.74 Å². The first-order valence-electron chi connectivity index (χ1n) is 17.1. The van der Waals surface area contributed by atoms with Gasteiger partial charge in [-0.1, -0.05) is 38.7 Å². The molecule has 4 aliphatic rings. The van der Waals surface area contributed by atoms with Gasteiger partial charge in [-0.25, -0.2) is 9.59 Å². The standard InChI is InChI=1S/C19H22O5.C19H26O4Si.CH4/c1-10(4-8-15(20)21)3-7-13-16(12-5-6-12)11(2)14-9-24-19(23)17(14)18(13)22;1-12-15-11-23-19(21)17(15)18(22-9-10-24(2,3)4)14(7-8-20)16(12)13-5-6-13;/h3,12,22H,4-9H2,1-2H3,(H,20,21);8,13H,5-7,9-11H2,1-4H3;1H4/b10-3+;;. The first-order valence-corrected chi connectivity index (χ1v) is 20.8. The Hall–Kier alpha value is -3.92. The fourth-order valence-electron chi connectivity index (χ4n) is 6.84. The van der Waals surface area contributed by atoms with Gasteiger partial charge in [-0.05, 0) is 99.4 Å². The molecule has 266 valence electrons. The summed E-state index contributed by atoms with van der Waals surface area (Å²) in [6.07, 6.45) is 8.75. The van der Waals surface area contributed by atoms with Crippen LogP contribution in [0.3, 0.4) is 0 Å². The van der Waals surface area contributed by atoms with Crippen LogP contribution in [0, 0.1) is 13.8 Å². The number of phenolic OH excluding ortho intramolecular Hbond substituents is 1. The molecule has 9 nitrogen and oxygen atoms in total. The number of aromatic hydroxyl groups is 1. The number of cyclic esters (lactones) is 2. The number of carboxylic acids is 1. The summed E-state index contributed by atoms with van der Waals surface area (Å²) in [5.74, 6) is 0.0133. The molecule has 2 aliphatic heterocycles. The van der Waals surface area contributed by atoms with Crippen LogP contribution in [0.5, 0.6) is 11.5 Å². The Balaban J connectivity index is 0.000000216. The molecule has 2 fully saturated rings. The number of fused-ring (bicyclic) bond motifs is 2. The molecule has 0 bridgehead atoms. The number of esters is 2. The van der Waals surface area contributed by atoms with Crippen LogP contribution in [0.25, 0.3) is 0 Å². The molecular formula is C39H52O9Si. The molecule has 2 heterocycles. The monoisotopic (exact) mass is 692 g/mol. The summed E-state index contributed by atoms with van der Waals surface area (Å²) in [5, 5.41) is 19.4. The molecule has 2 saturated carbocycles. The molecule has 0 amide bonds. The third-order valence-corrected chi connectivity index (χ3v) is 11.5. The van der Waals surface area contributed by atoms with Gasteiger partial charge in [-0.3, -0.25) is 4.79 Å². The van der Waals surface area contributed by atoms with Crippen molar-refractivity contribution in [1.29, 1.82) is 0 Å². The van der Waals surface area contributed by atoms with Crippen LogP contribution in [-0.4, -0.2) is 49.1 Å². The van der Waals surface area contributed by atoms with E-state index < -0.39 is 20.0 Å². The normalized spacial score (nSPS) is 16.5. The number of carbonyl (C=O) groups is 4. The van der Waals surface area contributed by atoms with Crippen LogP contribution in [-0.2, 0) is 45.1 Å². The number of carbonyl (C=O) groups excluding carboxylic acids is 3. The largest absolute Gasteiger partial charge is 0.507 e. The highest BCUT2D eigenvalue weighted by atomic mass is 28.3. The lowest BCUT2D eigenvalue weighted by atomic mass is 9.88. The molecule has 0 spiro atoms. The van der Waals surface area contributed by atoms with Crippen LogP contribution in [0.2, 0.25) is 25.7 Å². The Labute approximate surface area is 291 Å². The smallest absolute Gasteiger partial charge is 0.342 e. The Bertz CT molecular complexity index is 1670. The highest BCUT2D eigenvalue weighted by Gasteiger charge is 2.38. The quantitative estimate of drug-likeness (QED) is 0.0920. The summed E-state index contributed by atoms with van der Waals surface area (Å²) in [4.78, 5) is 46.2. The molecule has 0 radical (unpaired) electrons. The molecular weight excluding hydrogens is 641 g/mol. The van der Waals surface area contributed by atoms with E-state index in [1.54, 1.807) is 0 Å². The molecule has 0 atom stereocenters. The van der Waals surface area contributed by atoms with Crippen molar-refractivity contribution in [3.8, 4) is 11.5 Å². The SMILES string of the molecule is C.C/C(=C\Cc1c(O)c2c(c(C)c1C1CC1)COC2=O)CCC(=O)O.Cc1c2c(c(OCC[Si](C)(C)C)c(CC=O)c1C1CC1)C(=O)OC2. The Kier molecular flexibility index (Phi) is 11.8. The summed E-state index contributed by atoms with van der Waals surface area (Å²) in [6, 6.07) is 1.02. The van der Waals surface area contributed by atoms with Gasteiger partial charge < -0.3 is 29.2 Å². The maximum atomic E-state index is 12.3. The summed E-state index contributed by atoms with van der Waals surface area (Å²) >= 11 is 0. The number of hydrogen-bond donors (Lipinski definition) is 2. The van der Waals surface area contributed by atoms with Gasteiger partial charge in [-0.2, -0.15) is 0 Å². The lowest BCUT2D eigenvalue weighted by Gasteiger charge is -2.22. The van der Waals surface area contributed by atoms with Gasteiger partial charge in [0.15, 0.2) is 0 Å². The van der Waals surface area contributed by atoms with E-state index in [9.17, 15) is 24.3 Å². The summed E-state index contributed by atoms with van der Waals surface area (Å²) in [7, 11) is -1.23. The molecule has 2 N–H and O–H groups in total. The molecule has 49 heavy (non-hydrogen) atoms. The zero-order valence-electron chi connectivity index (χ0n) is 29.0. The fraction of sp³-hybridized carbons (Fsp3) is 0.538. The van der Waals surface area contributed by atoms with Gasteiger partial charge in [-0.15, -0.1) is 0 Å². The molecule has 6 rings (SSSR count). The number of ether oxygens (including phenoxy) is 3. The maximum Gasteiger partial charge on any atom is 0.342 e. The molecule has 10 heteroatoms. The predicted molar refractivity (Wildman–Crippen MR) is 191 cm³/mol. The second kappa shape index (κ2) is 15.3. The average molecular weight is 693 g/mol. The molecule has 0 saturated heterocycles. The van der Waals surface area contributed by atoms with Crippen molar-refractivity contribution < 1.29 is 43.6 Å². The molecule has 2 aromatic rings. The second-order valence-electron chi connectivity index (χ2n) is 14.8. The second-order valence-corrected chi connectivity index (χ2v) is 20.4. The number of hydrogen-bond acceptors (Lipinski definition) is 8. The van der Waals surface area contributed by atoms with Crippen molar-refractivity contribution in [2.45, 2.75) is 130 Å². The average Bonchev–Trinajstić information content (AvgIpc) is 3.95. The van der Waals surface area contributed by atoms with Crippen LogP contribution in [0.15, 0.2) is 11.6 Å². The first-order chi connectivity index (χ1) is 22.7. The maximum absolute atomic E-state index is 12.3. The highest BCUT2D eigenvalue weighted by Crippen LogP contribution is 2.50. The van der Waals surface area contributed by atoms with E-state index in [1.165, 1.54) is 5.56 Å². The van der Waals surface area contributed by atoms with Crippen LogP contribution >= 0.6 is 0 Å². The van der Waals surface area contributed by atoms with E-state index in [0.717, 1.165) is 82.5 Å². The molecule has 2 aliphatic carbocycles. The van der Waals surface area contributed by atoms with Crippen molar-refractivity contribution in [3.05, 3.63) is 67.3 Å². The van der Waals surface area contributed by atoms with Gasteiger partial charge in [0.2, 0.25) is 0 Å². The van der Waals surface area contributed by atoms with E-state index in [4.69, 9.17) is 19.3 Å². The molecule has 2 aromatic carbocycles. The van der Waals surface area contributed by atoms with Gasteiger partial charge >= 0.3 is 17.9 Å². The van der Waals surface area contributed by atoms with E-state index in [1.807, 2.05) is 19.9 Å². The molecule has 0 unspecified atom stereocenters. The van der Waals surface area contributed by atoms with Gasteiger partial charge in [0.05, 0.1) is 6.61 Å². The summed E-state index contributed by atoms with van der Waals surface area (Å²) in [5.41, 5.74) is 9.87. The third kappa shape index (κ3) is 8.45. The minimum atomic E-state index is -1.23. The van der Waals surface area contributed by atoms with Crippen LogP contribution in [0.1, 0.15) is 130 Å². The van der Waals surface area contributed by atoms with Crippen molar-refractivity contribution in [2.75, 3.05) is 6.61 Å². The van der Waals surface area contributed by atoms with Gasteiger partial charge in [0, 0.05) is 43.2 Å². The highest BCUT2D eigenvalue weighted by molar-refractivity contribution is 6.76. The Morgan fingerprint density at radius 1 is 0.878 bits per heavy atom. The van der Waals surface area contributed by atoms with Crippen LogP contribution in [0.4, 0.5) is 0 Å². The first kappa shape index (κ1) is 37.9. The topological polar surface area (TPSA) is 136 Å². The number of aliphatic carboxylic acids is 1. The lowest BCUT2D eigenvalue weighted by molar-refractivity contribution is -0.137. The van der Waals surface area contributed by atoms with E-state index in [0.29, 0.717) is 61.2 Å². The Morgan fingerprint density at radius 2 is 1.41 bits per heavy atom. The number of allylic oxidation sites excluding steroid dienone is 2. The summed E-state index contributed by atoms with van der Waals surface area (Å²) in [6.45, 7) is 14.0. The Morgan fingerprint density at radius 3 is 1.92 bits per heavy atom. The number of benzene rings is 2. The van der Waals surface area contributed by atoms with E-state index >= 15 is 0 Å². The number of rotatable bonds is 13. The third-order valence-electron chi connectivity index (χ3n) is 9.84. The number of aldehydes is 1. The minimum Gasteiger partial charge on any atom is -0.507 e. The van der Waals surface area contributed by atoms with Crippen molar-refractivity contribution in [3.63, 3.8) is 0 Å². The fourth-order valence-corrected chi connectivity index (χ4v) is 7.56. The van der Waals surface area contributed by atoms with E-state index in [2.05, 4.69) is 26.6 Å². The van der Waals surface area contributed by atoms with Gasteiger partial charge in [0.1, 0.15) is 42.1 Å². The van der Waals surface area contributed by atoms with Gasteiger partial charge in [0.25, 0.3) is 0 Å². The molecule has 0 aromatic heterocycles. The number of carboxylic acid groups (broad SMARTS) is 1. The summed E-state index contributed by atoms with van der Waals surface area (Å²) < 4.78 is 16.5. The minimum absolute atomic E-state index is 0.